The van der Waals surface area contributed by atoms with Gasteiger partial charge in [-0.25, -0.2) is 0 Å². The molecule has 3 rings (SSSR count). The van der Waals surface area contributed by atoms with E-state index in [9.17, 15) is 14.7 Å². The second-order valence-corrected chi connectivity index (χ2v) is 9.16. The largest absolute Gasteiger partial charge is 0.492 e. The van der Waals surface area contributed by atoms with Gasteiger partial charge in [0.25, 0.3) is 5.91 Å². The Morgan fingerprint density at radius 1 is 0.947 bits per heavy atom. The van der Waals surface area contributed by atoms with Crippen LogP contribution in [0, 0.1) is 5.92 Å². The van der Waals surface area contributed by atoms with Crippen molar-refractivity contribution in [3.8, 4) is 16.9 Å². The van der Waals surface area contributed by atoms with Crippen LogP contribution in [0.2, 0.25) is 0 Å². The molecule has 3 aromatic carbocycles. The van der Waals surface area contributed by atoms with Crippen molar-refractivity contribution in [1.29, 1.82) is 0 Å². The van der Waals surface area contributed by atoms with E-state index in [1.54, 1.807) is 7.11 Å². The molecule has 38 heavy (non-hydrogen) atoms. The first-order valence-corrected chi connectivity index (χ1v) is 13.0. The predicted molar refractivity (Wildman–Crippen MR) is 147 cm³/mol. The van der Waals surface area contributed by atoms with E-state index >= 15 is 0 Å². The molecule has 0 heterocycles. The molecule has 1 amide bonds. The van der Waals surface area contributed by atoms with Crippen LogP contribution in [-0.2, 0) is 27.3 Å². The second kappa shape index (κ2) is 15.5. The molecule has 7 nitrogen and oxygen atoms in total. The number of carbonyl (C=O) groups is 2. The molecule has 0 saturated carbocycles. The maximum atomic E-state index is 12.5. The number of aliphatic carboxylic acids is 1. The van der Waals surface area contributed by atoms with Gasteiger partial charge in [-0.15, -0.1) is 0 Å². The van der Waals surface area contributed by atoms with Gasteiger partial charge in [-0.1, -0.05) is 62.2 Å². The van der Waals surface area contributed by atoms with Crippen molar-refractivity contribution >= 4 is 11.9 Å². The third-order valence-corrected chi connectivity index (χ3v) is 6.19. The summed E-state index contributed by atoms with van der Waals surface area (Å²) in [6.45, 7) is 3.48. The maximum absolute atomic E-state index is 12.5. The highest BCUT2D eigenvalue weighted by molar-refractivity contribution is 5.94. The summed E-state index contributed by atoms with van der Waals surface area (Å²) >= 11 is 0. The van der Waals surface area contributed by atoms with Gasteiger partial charge >= 0.3 is 5.97 Å². The highest BCUT2D eigenvalue weighted by atomic mass is 16.7. The van der Waals surface area contributed by atoms with Gasteiger partial charge in [0, 0.05) is 12.7 Å². The number of carbonyl (C=O) groups excluding carboxylic acids is 1. The van der Waals surface area contributed by atoms with E-state index in [0.717, 1.165) is 35.1 Å². The van der Waals surface area contributed by atoms with Gasteiger partial charge in [-0.3, -0.25) is 9.59 Å². The molecule has 1 atom stereocenters. The van der Waals surface area contributed by atoms with Crippen molar-refractivity contribution in [1.82, 2.24) is 5.32 Å². The molecule has 0 fully saturated rings. The molecule has 202 valence electrons. The van der Waals surface area contributed by atoms with Crippen molar-refractivity contribution < 1.29 is 28.9 Å². The molecule has 0 aliphatic carbocycles. The van der Waals surface area contributed by atoms with E-state index in [-0.39, 0.29) is 18.6 Å². The van der Waals surface area contributed by atoms with Crippen LogP contribution in [0.4, 0.5) is 0 Å². The lowest BCUT2D eigenvalue weighted by atomic mass is 9.94. The highest BCUT2D eigenvalue weighted by Gasteiger charge is 2.17. The lowest BCUT2D eigenvalue weighted by molar-refractivity contribution is -0.142. The maximum Gasteiger partial charge on any atom is 0.306 e. The summed E-state index contributed by atoms with van der Waals surface area (Å²) in [5.41, 5.74) is 4.67. The topological polar surface area (TPSA) is 94.1 Å². The van der Waals surface area contributed by atoms with Gasteiger partial charge in [0.15, 0.2) is 0 Å². The third-order valence-electron chi connectivity index (χ3n) is 6.19. The second-order valence-electron chi connectivity index (χ2n) is 9.16. The summed E-state index contributed by atoms with van der Waals surface area (Å²) in [4.78, 5) is 24.0. The average molecular weight is 520 g/mol. The van der Waals surface area contributed by atoms with Crippen LogP contribution in [0.15, 0.2) is 72.8 Å². The molecular formula is C31H37NO6. The van der Waals surface area contributed by atoms with Crippen molar-refractivity contribution in [2.24, 2.45) is 5.92 Å². The quantitative estimate of drug-likeness (QED) is 0.186. The molecule has 1 unspecified atom stereocenters. The minimum absolute atomic E-state index is 0.163. The molecule has 7 heteroatoms. The van der Waals surface area contributed by atoms with E-state index in [4.69, 9.17) is 14.2 Å². The van der Waals surface area contributed by atoms with E-state index in [1.165, 1.54) is 0 Å². The Morgan fingerprint density at radius 2 is 1.71 bits per heavy atom. The fraction of sp³-hybridized carbons (Fsp3) is 0.355. The summed E-state index contributed by atoms with van der Waals surface area (Å²) in [6.07, 6.45) is 3.09. The first kappa shape index (κ1) is 28.9. The molecule has 0 radical (unpaired) electrons. The van der Waals surface area contributed by atoms with E-state index in [1.807, 2.05) is 66.7 Å². The van der Waals surface area contributed by atoms with Gasteiger partial charge in [0.1, 0.15) is 19.1 Å². The van der Waals surface area contributed by atoms with E-state index in [2.05, 4.69) is 18.3 Å². The summed E-state index contributed by atoms with van der Waals surface area (Å²) < 4.78 is 16.1. The lowest BCUT2D eigenvalue weighted by Gasteiger charge is -2.13. The summed E-state index contributed by atoms with van der Waals surface area (Å²) in [7, 11) is 1.59. The molecule has 0 spiro atoms. The fourth-order valence-corrected chi connectivity index (χ4v) is 4.10. The summed E-state index contributed by atoms with van der Waals surface area (Å²) in [6, 6.07) is 23.0. The molecule has 0 aliphatic heterocycles. The molecule has 0 bridgehead atoms. The van der Waals surface area contributed by atoms with Crippen LogP contribution >= 0.6 is 0 Å². The van der Waals surface area contributed by atoms with Gasteiger partial charge in [-0.2, -0.15) is 0 Å². The number of rotatable bonds is 16. The Labute approximate surface area is 224 Å². The number of amides is 1. The van der Waals surface area contributed by atoms with Crippen LogP contribution < -0.4 is 10.1 Å². The predicted octanol–water partition coefficient (Wildman–Crippen LogP) is 5.72. The first-order valence-electron chi connectivity index (χ1n) is 13.0. The summed E-state index contributed by atoms with van der Waals surface area (Å²) in [5, 5.41) is 12.3. The first-order chi connectivity index (χ1) is 18.5. The number of benzene rings is 3. The van der Waals surface area contributed by atoms with Crippen LogP contribution in [0.5, 0.6) is 5.75 Å². The number of nitrogens with one attached hydrogen (secondary N) is 1. The number of carboxylic acid groups (broad SMARTS) is 1. The zero-order valence-corrected chi connectivity index (χ0v) is 22.2. The molecule has 0 aromatic heterocycles. The average Bonchev–Trinajstić information content (AvgIpc) is 2.94. The van der Waals surface area contributed by atoms with Gasteiger partial charge in [0.05, 0.1) is 19.1 Å². The van der Waals surface area contributed by atoms with Gasteiger partial charge in [-0.05, 0) is 65.4 Å². The number of hydrogen-bond acceptors (Lipinski definition) is 5. The fourth-order valence-electron chi connectivity index (χ4n) is 4.10. The monoisotopic (exact) mass is 519 g/mol. The Kier molecular flexibility index (Phi) is 11.8. The number of carboxylic acids is 1. The van der Waals surface area contributed by atoms with Crippen LogP contribution in [0.3, 0.4) is 0 Å². The molecular weight excluding hydrogens is 482 g/mol. The molecule has 0 saturated heterocycles. The van der Waals surface area contributed by atoms with Gasteiger partial charge in [0.2, 0.25) is 0 Å². The minimum Gasteiger partial charge on any atom is -0.492 e. The van der Waals surface area contributed by atoms with Crippen molar-refractivity contribution in [3.63, 3.8) is 0 Å². The van der Waals surface area contributed by atoms with Gasteiger partial charge < -0.3 is 24.6 Å². The lowest BCUT2D eigenvalue weighted by Crippen LogP contribution is -2.28. The van der Waals surface area contributed by atoms with Crippen LogP contribution in [0.25, 0.3) is 11.1 Å². The number of unbranched alkanes of at least 4 members (excludes halogenated alkanes) is 1. The zero-order chi connectivity index (χ0) is 27.2. The minimum atomic E-state index is -0.748. The number of ether oxygens (including phenoxy) is 3. The zero-order valence-electron chi connectivity index (χ0n) is 22.2. The Balaban J connectivity index is 1.43. The highest BCUT2D eigenvalue weighted by Crippen LogP contribution is 2.22. The Hall–Kier alpha value is -3.68. The van der Waals surface area contributed by atoms with Crippen molar-refractivity contribution in [2.45, 2.75) is 39.2 Å². The smallest absolute Gasteiger partial charge is 0.306 e. The molecule has 3 aromatic rings. The SMILES string of the molecule is CCCCC(Cc1ccc(OCCNC(=O)c2ccc(-c3cccc(COCOC)c3)cc2)cc1)C(=O)O. The number of hydrogen-bond donors (Lipinski definition) is 2. The summed E-state index contributed by atoms with van der Waals surface area (Å²) in [5.74, 6) is -0.592. The van der Waals surface area contributed by atoms with Crippen molar-refractivity contribution in [3.05, 3.63) is 89.5 Å². The Bertz CT molecular complexity index is 1140. The van der Waals surface area contributed by atoms with Crippen molar-refractivity contribution in [2.75, 3.05) is 27.1 Å². The van der Waals surface area contributed by atoms with E-state index in [0.29, 0.717) is 43.9 Å². The number of methoxy groups -OCH3 is 1. The normalized spacial score (nSPS) is 11.6. The van der Waals surface area contributed by atoms with Crippen LogP contribution in [0.1, 0.15) is 47.7 Å². The molecule has 0 aliphatic rings. The standard InChI is InChI=1S/C31H37NO6/c1-3-4-7-28(31(34)35)19-23-9-15-29(16-10-23)38-18-17-32-30(33)26-13-11-25(12-14-26)27-8-5-6-24(20-27)21-37-22-36-2/h5-6,8-16,20,28H,3-4,7,17-19,21-22H2,1-2H3,(H,32,33)(H,34,35). The third kappa shape index (κ3) is 9.32. The molecule has 2 N–H and O–H groups in total. The van der Waals surface area contributed by atoms with Crippen LogP contribution in [-0.4, -0.2) is 44.0 Å². The Morgan fingerprint density at radius 3 is 2.39 bits per heavy atom. The van der Waals surface area contributed by atoms with E-state index < -0.39 is 5.97 Å².